The molecule has 2 rings (SSSR count). The number of amides is 1. The van der Waals surface area contributed by atoms with E-state index in [1.807, 2.05) is 6.92 Å². The minimum absolute atomic E-state index is 0.257. The highest BCUT2D eigenvalue weighted by Gasteiger charge is 2.10. The Morgan fingerprint density at radius 3 is 2.53 bits per heavy atom. The van der Waals surface area contributed by atoms with Crippen LogP contribution in [0.15, 0.2) is 40.8 Å². The molecule has 0 fully saturated rings. The van der Waals surface area contributed by atoms with Gasteiger partial charge >= 0.3 is 0 Å². The number of furan rings is 1. The third-order valence-corrected chi connectivity index (χ3v) is 2.59. The van der Waals surface area contributed by atoms with E-state index >= 15 is 0 Å². The predicted octanol–water partition coefficient (Wildman–Crippen LogP) is 3.75. The maximum Gasteiger partial charge on any atom is 0.291 e. The number of hydrogen-bond acceptors (Lipinski definition) is 2. The summed E-state index contributed by atoms with van der Waals surface area (Å²) in [6, 6.07) is 10.4. The van der Waals surface area contributed by atoms with E-state index in [1.54, 1.807) is 36.4 Å². The largest absolute Gasteiger partial charge is 0.456 e. The number of rotatable bonds is 3. The molecule has 1 amide bonds. The molecule has 1 N–H and O–H groups in total. The van der Waals surface area contributed by atoms with E-state index in [0.29, 0.717) is 16.5 Å². The molecule has 1 aromatic carbocycles. The Bertz CT molecular complexity index is 516. The molecule has 0 saturated heterocycles. The Kier molecular flexibility index (Phi) is 3.49. The van der Waals surface area contributed by atoms with Crippen molar-refractivity contribution in [2.75, 3.05) is 5.32 Å². The van der Waals surface area contributed by atoms with Gasteiger partial charge in [-0.25, -0.2) is 0 Å². The zero-order chi connectivity index (χ0) is 12.3. The van der Waals surface area contributed by atoms with Crippen LogP contribution < -0.4 is 5.32 Å². The molecular weight excluding hydrogens is 238 g/mol. The van der Waals surface area contributed by atoms with Gasteiger partial charge in [-0.3, -0.25) is 4.79 Å². The van der Waals surface area contributed by atoms with Crippen molar-refractivity contribution in [3.05, 3.63) is 52.9 Å². The SMILES string of the molecule is CCc1ccc(C(=O)Nc2ccc(Cl)cc2)o1. The Balaban J connectivity index is 2.08. The van der Waals surface area contributed by atoms with E-state index in [0.717, 1.165) is 12.2 Å². The lowest BCUT2D eigenvalue weighted by molar-refractivity contribution is 0.0995. The van der Waals surface area contributed by atoms with Gasteiger partial charge in [-0.2, -0.15) is 0 Å². The summed E-state index contributed by atoms with van der Waals surface area (Å²) in [5, 5.41) is 3.37. The van der Waals surface area contributed by atoms with E-state index < -0.39 is 0 Å². The van der Waals surface area contributed by atoms with E-state index in [9.17, 15) is 4.79 Å². The summed E-state index contributed by atoms with van der Waals surface area (Å²) in [6.45, 7) is 1.97. The zero-order valence-corrected chi connectivity index (χ0v) is 10.1. The number of benzene rings is 1. The first kappa shape index (κ1) is 11.7. The number of halogens is 1. The van der Waals surface area contributed by atoms with Crippen LogP contribution in [0.3, 0.4) is 0 Å². The summed E-state index contributed by atoms with van der Waals surface area (Å²) in [5.74, 6) is 0.857. The van der Waals surface area contributed by atoms with Crippen LogP contribution in [0, 0.1) is 0 Å². The molecule has 2 aromatic rings. The van der Waals surface area contributed by atoms with Gasteiger partial charge in [-0.1, -0.05) is 18.5 Å². The van der Waals surface area contributed by atoms with E-state index in [-0.39, 0.29) is 5.91 Å². The third-order valence-electron chi connectivity index (χ3n) is 2.34. The van der Waals surface area contributed by atoms with Crippen molar-refractivity contribution in [2.45, 2.75) is 13.3 Å². The van der Waals surface area contributed by atoms with Crippen LogP contribution in [0.2, 0.25) is 5.02 Å². The first-order valence-electron chi connectivity index (χ1n) is 5.34. The molecule has 1 heterocycles. The van der Waals surface area contributed by atoms with Crippen molar-refractivity contribution >= 4 is 23.2 Å². The number of carbonyl (C=O) groups excluding carboxylic acids is 1. The summed E-state index contributed by atoms with van der Waals surface area (Å²) in [6.07, 6.45) is 0.772. The van der Waals surface area contributed by atoms with Crippen molar-refractivity contribution in [3.8, 4) is 0 Å². The maximum atomic E-state index is 11.8. The molecule has 0 aliphatic heterocycles. The van der Waals surface area contributed by atoms with Crippen molar-refractivity contribution in [1.29, 1.82) is 0 Å². The Morgan fingerprint density at radius 1 is 1.24 bits per heavy atom. The number of nitrogens with one attached hydrogen (secondary N) is 1. The fourth-order valence-electron chi connectivity index (χ4n) is 1.42. The number of aryl methyl sites for hydroxylation is 1. The van der Waals surface area contributed by atoms with Gasteiger partial charge < -0.3 is 9.73 Å². The number of carbonyl (C=O) groups is 1. The van der Waals surface area contributed by atoms with Crippen molar-refractivity contribution in [2.24, 2.45) is 0 Å². The third kappa shape index (κ3) is 2.88. The molecule has 88 valence electrons. The van der Waals surface area contributed by atoms with Gasteiger partial charge in [0.15, 0.2) is 5.76 Å². The second-order valence-corrected chi connectivity index (χ2v) is 4.02. The average molecular weight is 250 g/mol. The second-order valence-electron chi connectivity index (χ2n) is 3.58. The van der Waals surface area contributed by atoms with Gasteiger partial charge in [0.25, 0.3) is 5.91 Å². The molecular formula is C13H12ClNO2. The molecule has 0 aliphatic carbocycles. The van der Waals surface area contributed by atoms with Gasteiger partial charge in [0, 0.05) is 17.1 Å². The highest BCUT2D eigenvalue weighted by Crippen LogP contribution is 2.15. The molecule has 0 radical (unpaired) electrons. The van der Waals surface area contributed by atoms with Crippen LogP contribution in [0.4, 0.5) is 5.69 Å². The molecule has 0 bridgehead atoms. The molecule has 0 unspecified atom stereocenters. The van der Waals surface area contributed by atoms with Gasteiger partial charge in [0.2, 0.25) is 0 Å². The lowest BCUT2D eigenvalue weighted by atomic mass is 10.3. The van der Waals surface area contributed by atoms with Crippen LogP contribution in [-0.4, -0.2) is 5.91 Å². The highest BCUT2D eigenvalue weighted by atomic mass is 35.5. The van der Waals surface area contributed by atoms with Crippen LogP contribution in [0.5, 0.6) is 0 Å². The molecule has 17 heavy (non-hydrogen) atoms. The molecule has 1 aromatic heterocycles. The number of anilines is 1. The van der Waals surface area contributed by atoms with E-state index in [1.165, 1.54) is 0 Å². The Labute approximate surface area is 104 Å². The number of hydrogen-bond donors (Lipinski definition) is 1. The second kappa shape index (κ2) is 5.06. The quantitative estimate of drug-likeness (QED) is 0.900. The minimum atomic E-state index is -0.257. The van der Waals surface area contributed by atoms with Crippen molar-refractivity contribution in [1.82, 2.24) is 0 Å². The van der Waals surface area contributed by atoms with E-state index in [2.05, 4.69) is 5.32 Å². The van der Waals surface area contributed by atoms with Gasteiger partial charge in [-0.05, 0) is 36.4 Å². The topological polar surface area (TPSA) is 42.2 Å². The Morgan fingerprint density at radius 2 is 1.94 bits per heavy atom. The van der Waals surface area contributed by atoms with Crippen LogP contribution in [-0.2, 0) is 6.42 Å². The molecule has 0 spiro atoms. The lowest BCUT2D eigenvalue weighted by Crippen LogP contribution is -2.10. The molecule has 0 saturated carbocycles. The zero-order valence-electron chi connectivity index (χ0n) is 9.37. The lowest BCUT2D eigenvalue weighted by Gasteiger charge is -2.02. The minimum Gasteiger partial charge on any atom is -0.456 e. The van der Waals surface area contributed by atoms with Crippen LogP contribution in [0.25, 0.3) is 0 Å². The average Bonchev–Trinajstić information content (AvgIpc) is 2.81. The predicted molar refractivity (Wildman–Crippen MR) is 67.5 cm³/mol. The molecule has 0 atom stereocenters. The first-order chi connectivity index (χ1) is 8.19. The van der Waals surface area contributed by atoms with Crippen LogP contribution in [0.1, 0.15) is 23.2 Å². The van der Waals surface area contributed by atoms with Crippen molar-refractivity contribution in [3.63, 3.8) is 0 Å². The smallest absolute Gasteiger partial charge is 0.291 e. The first-order valence-corrected chi connectivity index (χ1v) is 5.72. The maximum absolute atomic E-state index is 11.8. The van der Waals surface area contributed by atoms with Crippen molar-refractivity contribution < 1.29 is 9.21 Å². The standard InChI is InChI=1S/C13H12ClNO2/c1-2-11-7-8-12(17-11)13(16)15-10-5-3-9(14)4-6-10/h3-8H,2H2,1H3,(H,15,16). The monoisotopic (exact) mass is 249 g/mol. The summed E-state index contributed by atoms with van der Waals surface area (Å²) in [4.78, 5) is 11.8. The van der Waals surface area contributed by atoms with Gasteiger partial charge in [0.05, 0.1) is 0 Å². The van der Waals surface area contributed by atoms with Crippen LogP contribution >= 0.6 is 11.6 Å². The van der Waals surface area contributed by atoms with E-state index in [4.69, 9.17) is 16.0 Å². The molecule has 3 nitrogen and oxygen atoms in total. The summed E-state index contributed by atoms with van der Waals surface area (Å²) < 4.78 is 5.35. The fourth-order valence-corrected chi connectivity index (χ4v) is 1.54. The molecule has 4 heteroatoms. The fraction of sp³-hybridized carbons (Fsp3) is 0.154. The summed E-state index contributed by atoms with van der Waals surface area (Å²) in [7, 11) is 0. The highest BCUT2D eigenvalue weighted by molar-refractivity contribution is 6.30. The van der Waals surface area contributed by atoms with Gasteiger partial charge in [-0.15, -0.1) is 0 Å². The van der Waals surface area contributed by atoms with Gasteiger partial charge in [0.1, 0.15) is 5.76 Å². The summed E-state index contributed by atoms with van der Waals surface area (Å²) >= 11 is 5.76. The summed E-state index contributed by atoms with van der Waals surface area (Å²) in [5.41, 5.74) is 0.689. The normalized spacial score (nSPS) is 10.2. The Hall–Kier alpha value is -1.74. The molecule has 0 aliphatic rings.